The van der Waals surface area contributed by atoms with Gasteiger partial charge >= 0.3 is 0 Å². The number of fused-ring (bicyclic) bond motifs is 1. The van der Waals surface area contributed by atoms with E-state index in [1.807, 2.05) is 6.07 Å². The number of aromatic nitrogens is 4. The highest BCUT2D eigenvalue weighted by Crippen LogP contribution is 2.20. The first-order valence-corrected chi connectivity index (χ1v) is 6.28. The van der Waals surface area contributed by atoms with E-state index in [0.717, 1.165) is 0 Å². The molecule has 2 heterocycles. The average molecular weight is 283 g/mol. The van der Waals surface area contributed by atoms with Crippen molar-refractivity contribution in [3.63, 3.8) is 0 Å². The number of ketones is 1. The van der Waals surface area contributed by atoms with E-state index < -0.39 is 0 Å². The monoisotopic (exact) mass is 283 g/mol. The molecule has 7 nitrogen and oxygen atoms in total. The lowest BCUT2D eigenvalue weighted by Crippen LogP contribution is -2.11. The summed E-state index contributed by atoms with van der Waals surface area (Å²) in [5, 5.41) is 0. The maximum atomic E-state index is 12.4. The van der Waals surface area contributed by atoms with Gasteiger partial charge in [-0.2, -0.15) is 0 Å². The Balaban J connectivity index is 1.95. The Hall–Kier alpha value is -2.96. The molecule has 0 fully saturated rings. The number of imidazole rings is 1. The molecule has 0 saturated heterocycles. The molecule has 2 N–H and O–H groups in total. The fraction of sp³-hybridized carbons (Fsp3) is 0.143. The van der Waals surface area contributed by atoms with Crippen LogP contribution in [-0.4, -0.2) is 32.4 Å². The van der Waals surface area contributed by atoms with Crippen molar-refractivity contribution in [3.05, 3.63) is 42.5 Å². The largest absolute Gasteiger partial charge is 0.496 e. The lowest BCUT2D eigenvalue weighted by atomic mass is 10.1. The van der Waals surface area contributed by atoms with Gasteiger partial charge in [0.1, 0.15) is 17.6 Å². The minimum Gasteiger partial charge on any atom is -0.496 e. The van der Waals surface area contributed by atoms with Gasteiger partial charge in [0, 0.05) is 0 Å². The molecule has 106 valence electrons. The third kappa shape index (κ3) is 2.29. The number of benzene rings is 1. The summed E-state index contributed by atoms with van der Waals surface area (Å²) in [4.78, 5) is 24.5. The number of ether oxygens (including phenoxy) is 1. The topological polar surface area (TPSA) is 95.9 Å². The second-order valence-corrected chi connectivity index (χ2v) is 4.43. The van der Waals surface area contributed by atoms with E-state index in [1.165, 1.54) is 19.8 Å². The number of carbonyl (C=O) groups excluding carboxylic acids is 1. The van der Waals surface area contributed by atoms with E-state index in [4.69, 9.17) is 10.5 Å². The first-order valence-electron chi connectivity index (χ1n) is 6.28. The number of nitrogen functional groups attached to an aromatic ring is 1. The van der Waals surface area contributed by atoms with Crippen molar-refractivity contribution >= 4 is 22.8 Å². The summed E-state index contributed by atoms with van der Waals surface area (Å²) in [6, 6.07) is 7.08. The molecule has 0 amide bonds. The van der Waals surface area contributed by atoms with Crippen molar-refractivity contribution in [2.45, 2.75) is 6.54 Å². The number of nitrogens with zero attached hydrogens (tertiary/aromatic N) is 4. The first-order chi connectivity index (χ1) is 10.2. The van der Waals surface area contributed by atoms with E-state index in [-0.39, 0.29) is 12.3 Å². The zero-order chi connectivity index (χ0) is 14.8. The molecule has 0 aliphatic heterocycles. The Morgan fingerprint density at radius 2 is 2.10 bits per heavy atom. The van der Waals surface area contributed by atoms with Gasteiger partial charge in [0.05, 0.1) is 25.5 Å². The molecular weight excluding hydrogens is 270 g/mol. The van der Waals surface area contributed by atoms with Crippen LogP contribution in [0.1, 0.15) is 10.4 Å². The van der Waals surface area contributed by atoms with Crippen LogP contribution in [0.3, 0.4) is 0 Å². The Morgan fingerprint density at radius 1 is 1.29 bits per heavy atom. The number of anilines is 1. The van der Waals surface area contributed by atoms with Gasteiger partial charge in [-0.1, -0.05) is 12.1 Å². The first kappa shape index (κ1) is 13.0. The molecule has 21 heavy (non-hydrogen) atoms. The van der Waals surface area contributed by atoms with Crippen molar-refractivity contribution in [1.29, 1.82) is 0 Å². The maximum Gasteiger partial charge on any atom is 0.186 e. The van der Waals surface area contributed by atoms with Crippen LogP contribution in [0.15, 0.2) is 36.9 Å². The van der Waals surface area contributed by atoms with Crippen LogP contribution in [0.4, 0.5) is 5.82 Å². The molecule has 0 aliphatic carbocycles. The summed E-state index contributed by atoms with van der Waals surface area (Å²) in [6.45, 7) is 0.104. The van der Waals surface area contributed by atoms with E-state index >= 15 is 0 Å². The Bertz CT molecular complexity index is 812. The summed E-state index contributed by atoms with van der Waals surface area (Å²) in [5.41, 5.74) is 7.27. The quantitative estimate of drug-likeness (QED) is 0.725. The molecule has 7 heteroatoms. The fourth-order valence-electron chi connectivity index (χ4n) is 2.13. The lowest BCUT2D eigenvalue weighted by molar-refractivity contribution is 0.0970. The number of hydrogen-bond donors (Lipinski definition) is 1. The van der Waals surface area contributed by atoms with Gasteiger partial charge in [0.15, 0.2) is 17.2 Å². The van der Waals surface area contributed by atoms with Crippen LogP contribution in [0.25, 0.3) is 11.2 Å². The molecular formula is C14H13N5O2. The Morgan fingerprint density at radius 3 is 2.90 bits per heavy atom. The molecule has 1 aromatic carbocycles. The lowest BCUT2D eigenvalue weighted by Gasteiger charge is -2.08. The highest BCUT2D eigenvalue weighted by atomic mass is 16.5. The molecule has 0 aliphatic rings. The summed E-state index contributed by atoms with van der Waals surface area (Å²) in [5.74, 6) is 0.744. The molecule has 0 bridgehead atoms. The number of para-hydroxylation sites is 1. The molecule has 0 radical (unpaired) electrons. The number of carbonyl (C=O) groups is 1. The fourth-order valence-corrected chi connectivity index (χ4v) is 2.13. The van der Waals surface area contributed by atoms with Gasteiger partial charge in [-0.3, -0.25) is 4.79 Å². The van der Waals surface area contributed by atoms with Gasteiger partial charge in [0.2, 0.25) is 0 Å². The maximum absolute atomic E-state index is 12.4. The second kappa shape index (κ2) is 5.20. The predicted molar refractivity (Wildman–Crippen MR) is 77.1 cm³/mol. The smallest absolute Gasteiger partial charge is 0.186 e. The summed E-state index contributed by atoms with van der Waals surface area (Å²) in [6.07, 6.45) is 2.88. The third-order valence-corrected chi connectivity index (χ3v) is 3.15. The molecule has 3 rings (SSSR count). The highest BCUT2D eigenvalue weighted by molar-refractivity contribution is 5.99. The Labute approximate surface area is 120 Å². The molecule has 0 atom stereocenters. The summed E-state index contributed by atoms with van der Waals surface area (Å²) < 4.78 is 6.84. The molecule has 0 spiro atoms. The van der Waals surface area contributed by atoms with Crippen LogP contribution in [-0.2, 0) is 6.54 Å². The summed E-state index contributed by atoms with van der Waals surface area (Å²) in [7, 11) is 1.53. The second-order valence-electron chi connectivity index (χ2n) is 4.43. The predicted octanol–water partition coefficient (Wildman–Crippen LogP) is 1.30. The standard InChI is InChI=1S/C14H13N5O2/c1-21-11-5-3-2-4-9(11)10(20)6-19-8-18-12-13(15)16-7-17-14(12)19/h2-5,7-8H,6H2,1H3,(H2,15,16,17). The number of Topliss-reactive ketones (excluding diaryl/α,β-unsaturated/α-hetero) is 1. The van der Waals surface area contributed by atoms with Crippen molar-refractivity contribution in [3.8, 4) is 5.75 Å². The van der Waals surface area contributed by atoms with E-state index in [0.29, 0.717) is 28.3 Å². The number of hydrogen-bond acceptors (Lipinski definition) is 6. The Kier molecular flexibility index (Phi) is 3.23. The number of rotatable bonds is 4. The van der Waals surface area contributed by atoms with E-state index in [1.54, 1.807) is 22.8 Å². The van der Waals surface area contributed by atoms with Crippen molar-refractivity contribution < 1.29 is 9.53 Å². The van der Waals surface area contributed by atoms with Crippen LogP contribution >= 0.6 is 0 Å². The molecule has 0 saturated carbocycles. The average Bonchev–Trinajstić information content (AvgIpc) is 2.92. The van der Waals surface area contributed by atoms with Crippen LogP contribution < -0.4 is 10.5 Å². The van der Waals surface area contributed by atoms with Gasteiger partial charge in [0.25, 0.3) is 0 Å². The van der Waals surface area contributed by atoms with E-state index in [9.17, 15) is 4.79 Å². The number of methoxy groups -OCH3 is 1. The number of nitrogens with two attached hydrogens (primary N) is 1. The summed E-state index contributed by atoms with van der Waals surface area (Å²) >= 11 is 0. The van der Waals surface area contributed by atoms with Gasteiger partial charge in [-0.25, -0.2) is 15.0 Å². The van der Waals surface area contributed by atoms with Gasteiger partial charge in [-0.15, -0.1) is 0 Å². The molecule has 0 unspecified atom stereocenters. The van der Waals surface area contributed by atoms with Crippen LogP contribution in [0.2, 0.25) is 0 Å². The van der Waals surface area contributed by atoms with Crippen LogP contribution in [0.5, 0.6) is 5.75 Å². The van der Waals surface area contributed by atoms with E-state index in [2.05, 4.69) is 15.0 Å². The zero-order valence-electron chi connectivity index (χ0n) is 11.4. The zero-order valence-corrected chi connectivity index (χ0v) is 11.4. The van der Waals surface area contributed by atoms with Gasteiger partial charge in [-0.05, 0) is 12.1 Å². The van der Waals surface area contributed by atoms with Crippen molar-refractivity contribution in [2.24, 2.45) is 0 Å². The normalized spacial score (nSPS) is 10.7. The van der Waals surface area contributed by atoms with Crippen molar-refractivity contribution in [1.82, 2.24) is 19.5 Å². The molecule has 3 aromatic rings. The highest BCUT2D eigenvalue weighted by Gasteiger charge is 2.15. The van der Waals surface area contributed by atoms with Gasteiger partial charge < -0.3 is 15.0 Å². The van der Waals surface area contributed by atoms with Crippen LogP contribution in [0, 0.1) is 0 Å². The minimum absolute atomic E-state index is 0.0936. The SMILES string of the molecule is COc1ccccc1C(=O)Cn1cnc2c(N)ncnc21. The third-order valence-electron chi connectivity index (χ3n) is 3.15. The molecule has 2 aromatic heterocycles. The van der Waals surface area contributed by atoms with Crippen molar-refractivity contribution in [2.75, 3.05) is 12.8 Å². The minimum atomic E-state index is -0.0936.